The largest absolute Gasteiger partial charge is 0.329 e. The summed E-state index contributed by atoms with van der Waals surface area (Å²) in [4.78, 5) is 7.64. The molecule has 1 aliphatic heterocycles. The molecule has 0 aromatic rings. The number of likely N-dealkylation sites (N-methyl/N-ethyl adjacent to an activating group) is 1. The van der Waals surface area contributed by atoms with Gasteiger partial charge in [-0.2, -0.15) is 0 Å². The summed E-state index contributed by atoms with van der Waals surface area (Å²) in [6.07, 6.45) is 9.63. The van der Waals surface area contributed by atoms with Crippen LogP contribution < -0.4 is 5.73 Å². The van der Waals surface area contributed by atoms with Gasteiger partial charge in [0.15, 0.2) is 0 Å². The zero-order valence-electron chi connectivity index (χ0n) is 14.3. The highest BCUT2D eigenvalue weighted by Gasteiger charge is 2.36. The van der Waals surface area contributed by atoms with Gasteiger partial charge in [0.2, 0.25) is 0 Å². The van der Waals surface area contributed by atoms with Gasteiger partial charge >= 0.3 is 0 Å². The zero-order valence-corrected chi connectivity index (χ0v) is 14.3. The fourth-order valence-corrected chi connectivity index (χ4v) is 4.00. The molecule has 2 N–H and O–H groups in total. The van der Waals surface area contributed by atoms with Crippen LogP contribution >= 0.6 is 0 Å². The first kappa shape index (κ1) is 17.2. The highest BCUT2D eigenvalue weighted by Crippen LogP contribution is 2.31. The molecule has 2 aliphatic rings. The van der Waals surface area contributed by atoms with Gasteiger partial charge in [-0.3, -0.25) is 9.80 Å². The molecular weight excluding hydrogens is 260 g/mol. The van der Waals surface area contributed by atoms with E-state index in [2.05, 4.69) is 28.8 Å². The average molecular weight is 297 g/mol. The minimum Gasteiger partial charge on any atom is -0.329 e. The maximum Gasteiger partial charge on any atom is 0.0332 e. The number of nitrogens with zero attached hydrogens (tertiary/aromatic N) is 3. The van der Waals surface area contributed by atoms with Crippen molar-refractivity contribution in [2.75, 3.05) is 59.9 Å². The van der Waals surface area contributed by atoms with Gasteiger partial charge in [0.1, 0.15) is 0 Å². The Bertz CT molecular complexity index is 277. The standard InChI is InChI=1S/C17H36N4/c1-19(2)10-11-20-12-14-21(15-13-20)17(16-18)8-6-4-3-5-7-9-17/h3-16,18H2,1-2H3. The second-order valence-electron chi connectivity index (χ2n) is 7.33. The van der Waals surface area contributed by atoms with Crippen LogP contribution in [0.2, 0.25) is 0 Å². The molecule has 0 aromatic carbocycles. The number of nitrogens with two attached hydrogens (primary N) is 1. The quantitative estimate of drug-likeness (QED) is 0.836. The van der Waals surface area contributed by atoms with Crippen molar-refractivity contribution in [3.05, 3.63) is 0 Å². The fraction of sp³-hybridized carbons (Fsp3) is 1.00. The zero-order chi connectivity index (χ0) is 15.1. The second kappa shape index (κ2) is 8.47. The van der Waals surface area contributed by atoms with E-state index in [1.165, 1.54) is 84.2 Å². The highest BCUT2D eigenvalue weighted by molar-refractivity contribution is 4.94. The number of hydrogen-bond donors (Lipinski definition) is 1. The Hall–Kier alpha value is -0.160. The molecule has 0 aromatic heterocycles. The van der Waals surface area contributed by atoms with Gasteiger partial charge in [-0.25, -0.2) is 0 Å². The van der Waals surface area contributed by atoms with Crippen molar-refractivity contribution < 1.29 is 0 Å². The normalized spacial score (nSPS) is 25.7. The molecule has 0 spiro atoms. The van der Waals surface area contributed by atoms with Gasteiger partial charge < -0.3 is 10.6 Å². The minimum atomic E-state index is 0.314. The van der Waals surface area contributed by atoms with Crippen molar-refractivity contribution in [2.45, 2.75) is 50.5 Å². The van der Waals surface area contributed by atoms with Crippen LogP contribution in [0.4, 0.5) is 0 Å². The first-order valence-electron chi connectivity index (χ1n) is 8.98. The third-order valence-corrected chi connectivity index (χ3v) is 5.57. The molecule has 0 unspecified atom stereocenters. The van der Waals surface area contributed by atoms with Crippen LogP contribution in [-0.2, 0) is 0 Å². The summed E-state index contributed by atoms with van der Waals surface area (Å²) in [7, 11) is 4.32. The summed E-state index contributed by atoms with van der Waals surface area (Å²) in [5.74, 6) is 0. The Morgan fingerprint density at radius 1 is 0.905 bits per heavy atom. The monoisotopic (exact) mass is 296 g/mol. The molecule has 124 valence electrons. The van der Waals surface area contributed by atoms with Crippen molar-refractivity contribution in [1.29, 1.82) is 0 Å². The van der Waals surface area contributed by atoms with Crippen LogP contribution in [0.1, 0.15) is 44.9 Å². The number of rotatable bonds is 5. The SMILES string of the molecule is CN(C)CCN1CCN(C2(CN)CCCCCCC2)CC1. The lowest BCUT2D eigenvalue weighted by Crippen LogP contribution is -2.60. The lowest BCUT2D eigenvalue weighted by atomic mass is 9.82. The summed E-state index contributed by atoms with van der Waals surface area (Å²) < 4.78 is 0. The van der Waals surface area contributed by atoms with E-state index in [1.54, 1.807) is 0 Å². The predicted molar refractivity (Wildman–Crippen MR) is 90.7 cm³/mol. The van der Waals surface area contributed by atoms with E-state index < -0.39 is 0 Å². The van der Waals surface area contributed by atoms with Crippen molar-refractivity contribution in [2.24, 2.45) is 5.73 Å². The van der Waals surface area contributed by atoms with E-state index in [4.69, 9.17) is 5.73 Å². The van der Waals surface area contributed by atoms with Crippen LogP contribution in [-0.4, -0.2) is 80.1 Å². The average Bonchev–Trinajstić information content (AvgIpc) is 2.46. The van der Waals surface area contributed by atoms with E-state index in [-0.39, 0.29) is 0 Å². The van der Waals surface area contributed by atoms with Crippen molar-refractivity contribution >= 4 is 0 Å². The molecule has 0 bridgehead atoms. The van der Waals surface area contributed by atoms with Gasteiger partial charge in [-0.05, 0) is 26.9 Å². The van der Waals surface area contributed by atoms with Gasteiger partial charge in [-0.1, -0.05) is 32.1 Å². The molecule has 1 saturated heterocycles. The predicted octanol–water partition coefficient (Wildman–Crippen LogP) is 1.61. The Labute approximate surface area is 131 Å². The van der Waals surface area contributed by atoms with Crippen LogP contribution in [0.15, 0.2) is 0 Å². The van der Waals surface area contributed by atoms with E-state index >= 15 is 0 Å². The third-order valence-electron chi connectivity index (χ3n) is 5.57. The van der Waals surface area contributed by atoms with Crippen LogP contribution in [0.25, 0.3) is 0 Å². The molecule has 0 radical (unpaired) electrons. The van der Waals surface area contributed by atoms with Crippen LogP contribution in [0.5, 0.6) is 0 Å². The molecule has 4 nitrogen and oxygen atoms in total. The molecule has 0 atom stereocenters. The van der Waals surface area contributed by atoms with Crippen molar-refractivity contribution in [3.8, 4) is 0 Å². The molecular formula is C17H36N4. The molecule has 2 rings (SSSR count). The van der Waals surface area contributed by atoms with Crippen molar-refractivity contribution in [3.63, 3.8) is 0 Å². The third kappa shape index (κ3) is 4.92. The van der Waals surface area contributed by atoms with E-state index in [0.717, 1.165) is 6.54 Å². The van der Waals surface area contributed by atoms with Crippen LogP contribution in [0, 0.1) is 0 Å². The maximum absolute atomic E-state index is 6.26. The first-order valence-corrected chi connectivity index (χ1v) is 8.98. The summed E-state index contributed by atoms with van der Waals surface area (Å²) in [6, 6.07) is 0. The highest BCUT2D eigenvalue weighted by atomic mass is 15.3. The molecule has 1 saturated carbocycles. The van der Waals surface area contributed by atoms with E-state index in [1.807, 2.05) is 0 Å². The summed E-state index contributed by atoms with van der Waals surface area (Å²) in [5.41, 5.74) is 6.57. The first-order chi connectivity index (χ1) is 10.2. The van der Waals surface area contributed by atoms with E-state index in [9.17, 15) is 0 Å². The molecule has 0 amide bonds. The fourth-order valence-electron chi connectivity index (χ4n) is 4.00. The number of piperazine rings is 1. The lowest BCUT2D eigenvalue weighted by Gasteiger charge is -2.48. The lowest BCUT2D eigenvalue weighted by molar-refractivity contribution is 0.0182. The topological polar surface area (TPSA) is 35.7 Å². The molecule has 1 heterocycles. The van der Waals surface area contributed by atoms with Gasteiger partial charge in [-0.15, -0.1) is 0 Å². The van der Waals surface area contributed by atoms with Gasteiger partial charge in [0, 0.05) is 51.4 Å². The van der Waals surface area contributed by atoms with Gasteiger partial charge in [0.05, 0.1) is 0 Å². The summed E-state index contributed by atoms with van der Waals surface area (Å²) in [6.45, 7) is 8.09. The maximum atomic E-state index is 6.26. The molecule has 1 aliphatic carbocycles. The Morgan fingerprint density at radius 3 is 2.00 bits per heavy atom. The second-order valence-corrected chi connectivity index (χ2v) is 7.33. The Balaban J connectivity index is 1.85. The Morgan fingerprint density at radius 2 is 1.48 bits per heavy atom. The number of hydrogen-bond acceptors (Lipinski definition) is 4. The van der Waals surface area contributed by atoms with Crippen LogP contribution in [0.3, 0.4) is 0 Å². The molecule has 4 heteroatoms. The summed E-state index contributed by atoms with van der Waals surface area (Å²) in [5, 5.41) is 0. The molecule has 21 heavy (non-hydrogen) atoms. The summed E-state index contributed by atoms with van der Waals surface area (Å²) >= 11 is 0. The smallest absolute Gasteiger partial charge is 0.0332 e. The molecule has 2 fully saturated rings. The van der Waals surface area contributed by atoms with Crippen molar-refractivity contribution in [1.82, 2.24) is 14.7 Å². The van der Waals surface area contributed by atoms with E-state index in [0.29, 0.717) is 5.54 Å². The van der Waals surface area contributed by atoms with Gasteiger partial charge in [0.25, 0.3) is 0 Å². The minimum absolute atomic E-state index is 0.314. The Kier molecular flexibility index (Phi) is 6.93.